The molecule has 67 heavy (non-hydrogen) atoms. The lowest BCUT2D eigenvalue weighted by atomic mass is 9.33. The highest BCUT2D eigenvalue weighted by molar-refractivity contribution is 5.86. The van der Waals surface area contributed by atoms with Crippen LogP contribution in [0.4, 0.5) is 0 Å². The minimum absolute atomic E-state index is 0.0739. The number of carbonyl (C=O) groups excluding carboxylic acids is 2. The summed E-state index contributed by atoms with van der Waals surface area (Å²) < 4.78 is 6.34. The molecule has 2 spiro atoms. The number of nitrogens with one attached hydrogen (secondary N) is 1. The van der Waals surface area contributed by atoms with Crippen LogP contribution in [-0.4, -0.2) is 79.9 Å². The lowest BCUT2D eigenvalue weighted by Gasteiger charge is -2.73. The Kier molecular flexibility index (Phi) is 11.9. The number of aliphatic hydroxyl groups is 5. The van der Waals surface area contributed by atoms with Gasteiger partial charge in [0.15, 0.2) is 0 Å². The number of ether oxygens (including phenoxy) is 1. The van der Waals surface area contributed by atoms with Gasteiger partial charge < -0.3 is 40.4 Å². The fourth-order valence-electron chi connectivity index (χ4n) is 19.9. The van der Waals surface area contributed by atoms with Crippen LogP contribution in [0.5, 0.6) is 0 Å². The van der Waals surface area contributed by atoms with Gasteiger partial charge in [0.2, 0.25) is 0 Å². The number of benzene rings is 1. The quantitative estimate of drug-likeness (QED) is 0.0624. The molecule has 0 amide bonds. The monoisotopic (exact) mass is 920 g/mol. The largest absolute Gasteiger partial charge is 0.454 e. The third kappa shape index (κ3) is 6.53. The highest BCUT2D eigenvalue weighted by atomic mass is 16.5. The highest BCUT2D eigenvalue weighted by Gasteiger charge is 2.84. The van der Waals surface area contributed by atoms with Crippen LogP contribution in [0, 0.1) is 87.3 Å². The van der Waals surface area contributed by atoms with E-state index in [1.165, 1.54) is 32.1 Å². The van der Waals surface area contributed by atoms with E-state index >= 15 is 0 Å². The van der Waals surface area contributed by atoms with Crippen LogP contribution < -0.4 is 5.32 Å². The van der Waals surface area contributed by atoms with Gasteiger partial charge in [-0.25, -0.2) is 4.79 Å². The molecule has 0 saturated heterocycles. The Hall–Kier alpha value is -2.58. The van der Waals surface area contributed by atoms with Gasteiger partial charge in [-0.3, -0.25) is 0 Å². The number of hydrogen-bond donors (Lipinski definition) is 6. The number of aldehydes is 1. The Morgan fingerprint density at radius 2 is 1.79 bits per heavy atom. The zero-order chi connectivity index (χ0) is 46.7. The van der Waals surface area contributed by atoms with Gasteiger partial charge in [-0.1, -0.05) is 89.2 Å². The van der Waals surface area contributed by atoms with E-state index < -0.39 is 63.0 Å². The first-order chi connectivity index (χ1) is 32.3. The van der Waals surface area contributed by atoms with Crippen molar-refractivity contribution < 1.29 is 39.9 Å². The molecule has 10 aliphatic rings. The van der Waals surface area contributed by atoms with E-state index in [9.17, 15) is 35.1 Å². The maximum absolute atomic E-state index is 14.9. The van der Waals surface area contributed by atoms with Gasteiger partial charge in [0.25, 0.3) is 0 Å². The predicted molar refractivity (Wildman–Crippen MR) is 256 cm³/mol. The molecule has 8 saturated carbocycles. The van der Waals surface area contributed by atoms with Crippen LogP contribution in [0.15, 0.2) is 29.8 Å². The van der Waals surface area contributed by atoms with Crippen molar-refractivity contribution in [3.8, 4) is 11.8 Å². The summed E-state index contributed by atoms with van der Waals surface area (Å²) in [5.74, 6) is 6.35. The summed E-state index contributed by atoms with van der Waals surface area (Å²) in [6.45, 7) is 4.54. The van der Waals surface area contributed by atoms with Crippen LogP contribution in [0.3, 0.4) is 0 Å². The summed E-state index contributed by atoms with van der Waals surface area (Å²) in [6.07, 6.45) is 20.1. The van der Waals surface area contributed by atoms with Crippen molar-refractivity contribution in [2.24, 2.45) is 75.4 Å². The Morgan fingerprint density at radius 1 is 0.970 bits per heavy atom. The number of esters is 1. The second-order valence-electron chi connectivity index (χ2n) is 24.9. The minimum atomic E-state index is -1.72. The molecule has 8 fully saturated rings. The fraction of sp³-hybridized carbons (Fsp3) is 0.793. The van der Waals surface area contributed by atoms with E-state index in [0.29, 0.717) is 82.0 Å². The predicted octanol–water partition coefficient (Wildman–Crippen LogP) is 8.13. The van der Waals surface area contributed by atoms with Gasteiger partial charge in [-0.15, -0.1) is 0 Å². The van der Waals surface area contributed by atoms with E-state index in [0.717, 1.165) is 73.5 Å². The van der Waals surface area contributed by atoms with Crippen LogP contribution in [0.2, 0.25) is 0 Å². The average molecular weight is 920 g/mol. The molecule has 9 heteroatoms. The number of unbranched alkanes of at least 4 members (excludes halogenated alkanes) is 2. The first-order valence-electron chi connectivity index (χ1n) is 27.4. The molecule has 4 bridgehead atoms. The van der Waals surface area contributed by atoms with Crippen molar-refractivity contribution >= 4 is 12.3 Å². The zero-order valence-electron chi connectivity index (χ0n) is 40.8. The SMILES string of the molecule is CCCCCC1CCC2(C1)CC1(C=O)C3CCC45CCC#Cc6cccc(CO)c6CC(NC)C6CC(CC4(O)C3(O)CC3CC(C(C)C4CCCC4)CCC(C2O)C31O)C5C1=CC(=O)OC16. The van der Waals surface area contributed by atoms with Gasteiger partial charge in [0.1, 0.15) is 18.0 Å². The Balaban J connectivity index is 1.06. The minimum Gasteiger partial charge on any atom is -0.454 e. The van der Waals surface area contributed by atoms with Crippen LogP contribution in [0.25, 0.3) is 0 Å². The molecule has 18 atom stereocenters. The van der Waals surface area contributed by atoms with Gasteiger partial charge in [0.05, 0.1) is 29.3 Å². The molecule has 18 unspecified atom stereocenters. The molecule has 1 aliphatic heterocycles. The van der Waals surface area contributed by atoms with Crippen molar-refractivity contribution in [1.82, 2.24) is 5.32 Å². The highest BCUT2D eigenvalue weighted by Crippen LogP contribution is 2.79. The molecule has 1 aromatic carbocycles. The third-order valence-corrected chi connectivity index (χ3v) is 22.7. The van der Waals surface area contributed by atoms with E-state index in [-0.39, 0.29) is 48.7 Å². The zero-order valence-corrected chi connectivity index (χ0v) is 40.8. The number of rotatable bonds is 9. The average Bonchev–Trinajstić information content (AvgIpc) is 4.12. The summed E-state index contributed by atoms with van der Waals surface area (Å²) >= 11 is 0. The molecule has 1 heterocycles. The van der Waals surface area contributed by atoms with Gasteiger partial charge in [0, 0.05) is 47.3 Å². The van der Waals surface area contributed by atoms with Gasteiger partial charge in [-0.2, -0.15) is 0 Å². The molecule has 0 aromatic heterocycles. The molecule has 6 N–H and O–H groups in total. The second kappa shape index (κ2) is 17.0. The molecule has 1 aromatic rings. The van der Waals surface area contributed by atoms with E-state index in [4.69, 9.17) is 4.74 Å². The summed E-state index contributed by atoms with van der Waals surface area (Å²) in [4.78, 5) is 28.6. The van der Waals surface area contributed by atoms with Crippen LogP contribution in [0.1, 0.15) is 172 Å². The molecule has 9 nitrogen and oxygen atoms in total. The first kappa shape index (κ1) is 46.8. The van der Waals surface area contributed by atoms with Crippen LogP contribution >= 0.6 is 0 Å². The van der Waals surface area contributed by atoms with Crippen molar-refractivity contribution in [3.05, 3.63) is 46.5 Å². The Bertz CT molecular complexity index is 2190. The molecular formula is C58H81NO8. The molecule has 9 aliphatic carbocycles. The van der Waals surface area contributed by atoms with E-state index in [1.54, 1.807) is 6.08 Å². The molecule has 366 valence electrons. The smallest absolute Gasteiger partial charge is 0.331 e. The third-order valence-electron chi connectivity index (χ3n) is 22.7. The van der Waals surface area contributed by atoms with Crippen molar-refractivity contribution in [2.75, 3.05) is 7.05 Å². The standard InChI is InChI=1S/C58H81NO8/c1-4-5-6-12-36-20-23-53(29-36)33-55(34-61)48-21-24-54-22-10-9-15-38-16-11-17-40(32-60)43(38)27-47(59-3)44-26-41(50(54)45-28-49(62)67-51(44)45)30-57(54,65)56(48,64)31-42-25-39(35(2)37-13-7-8-14-37)18-19-46(52(53)63)58(42,55)66/h11,16-17,28,34-37,39,41-42,44,46-48,50-52,59-60,63-66H,4-8,10,12-14,18-27,29-33H2,1-3H3. The fourth-order valence-corrected chi connectivity index (χ4v) is 19.9. The van der Waals surface area contributed by atoms with E-state index in [2.05, 4.69) is 31.0 Å². The molecule has 0 radical (unpaired) electrons. The number of likely N-dealkylation sites (N-methyl/N-ethyl adjacent to an activating group) is 1. The first-order valence-corrected chi connectivity index (χ1v) is 27.4. The maximum atomic E-state index is 14.9. The Morgan fingerprint density at radius 3 is 2.55 bits per heavy atom. The number of aliphatic hydroxyl groups excluding tert-OH is 2. The maximum Gasteiger partial charge on any atom is 0.331 e. The lowest BCUT2D eigenvalue weighted by Crippen LogP contribution is -2.82. The normalized spacial score (nSPS) is 47.9. The summed E-state index contributed by atoms with van der Waals surface area (Å²) in [5.41, 5.74) is -4.00. The number of hydrogen-bond acceptors (Lipinski definition) is 9. The van der Waals surface area contributed by atoms with E-state index in [1.807, 2.05) is 25.2 Å². The van der Waals surface area contributed by atoms with Crippen molar-refractivity contribution in [3.63, 3.8) is 0 Å². The number of carbonyl (C=O) groups is 2. The molecule has 11 rings (SSSR count). The molecular weight excluding hydrogens is 839 g/mol. The topological polar surface area (TPSA) is 157 Å². The summed E-state index contributed by atoms with van der Waals surface area (Å²) in [6, 6.07) is 5.80. The lowest BCUT2D eigenvalue weighted by molar-refractivity contribution is -0.355. The van der Waals surface area contributed by atoms with Crippen LogP contribution in [-0.2, 0) is 27.4 Å². The number of fused-ring (bicyclic) bond motifs is 7. The Labute approximate surface area is 400 Å². The van der Waals surface area contributed by atoms with Gasteiger partial charge in [-0.05, 0) is 167 Å². The van der Waals surface area contributed by atoms with Crippen molar-refractivity contribution in [1.29, 1.82) is 0 Å². The summed E-state index contributed by atoms with van der Waals surface area (Å²) in [5, 5.41) is 70.5. The summed E-state index contributed by atoms with van der Waals surface area (Å²) in [7, 11) is 1.95. The second-order valence-corrected chi connectivity index (χ2v) is 24.9. The van der Waals surface area contributed by atoms with Crippen molar-refractivity contribution in [2.45, 2.75) is 203 Å². The van der Waals surface area contributed by atoms with Gasteiger partial charge >= 0.3 is 5.97 Å².